The minimum atomic E-state index is -0.637. The number of carbonyl (C=O) groups excluding carboxylic acids is 2. The third kappa shape index (κ3) is 3.53. The number of H-pyrrole nitrogens is 1. The quantitative estimate of drug-likeness (QED) is 0.679. The number of aromatic nitrogens is 3. The first-order valence-corrected chi connectivity index (χ1v) is 8.85. The average molecular weight is 383 g/mol. The van der Waals surface area contributed by atoms with Crippen LogP contribution in [0.25, 0.3) is 5.65 Å². The number of rotatable bonds is 5. The van der Waals surface area contributed by atoms with E-state index < -0.39 is 11.9 Å². The van der Waals surface area contributed by atoms with Gasteiger partial charge in [-0.05, 0) is 45.4 Å². The predicted octanol–water partition coefficient (Wildman–Crippen LogP) is 2.48. The minimum Gasteiger partial charge on any atom is -0.462 e. The van der Waals surface area contributed by atoms with E-state index in [4.69, 9.17) is 9.47 Å². The number of carbonyl (C=O) groups is 2. The van der Waals surface area contributed by atoms with Crippen LogP contribution in [-0.2, 0) is 16.1 Å². The van der Waals surface area contributed by atoms with E-state index >= 15 is 0 Å². The number of nitrogens with zero attached hydrogens (tertiary/aromatic N) is 2. The molecule has 146 valence electrons. The fraction of sp³-hybridized carbons (Fsp3) is 0.300. The van der Waals surface area contributed by atoms with Gasteiger partial charge in [0.05, 0.1) is 17.9 Å². The van der Waals surface area contributed by atoms with E-state index in [-0.39, 0.29) is 24.5 Å². The van der Waals surface area contributed by atoms with Crippen molar-refractivity contribution in [1.29, 1.82) is 0 Å². The van der Waals surface area contributed by atoms with Crippen LogP contribution in [0.15, 0.2) is 29.1 Å². The van der Waals surface area contributed by atoms with Gasteiger partial charge in [-0.15, -0.1) is 0 Å². The van der Waals surface area contributed by atoms with Crippen LogP contribution in [-0.4, -0.2) is 32.9 Å². The second-order valence-corrected chi connectivity index (χ2v) is 6.37. The van der Waals surface area contributed by atoms with E-state index in [1.165, 1.54) is 10.5 Å². The Morgan fingerprint density at radius 3 is 2.61 bits per heavy atom. The first-order valence-electron chi connectivity index (χ1n) is 8.85. The SMILES string of the molecule is CCOC(=O)c1c(C)[nH]c(C(=O)OCc2cc(=O)n3c(C)cccc3n2)c1C. The lowest BCUT2D eigenvalue weighted by Gasteiger charge is -2.07. The molecule has 8 nitrogen and oxygen atoms in total. The Morgan fingerprint density at radius 1 is 1.14 bits per heavy atom. The van der Waals surface area contributed by atoms with Gasteiger partial charge in [0.2, 0.25) is 0 Å². The number of aryl methyl sites for hydroxylation is 2. The second-order valence-electron chi connectivity index (χ2n) is 6.37. The number of pyridine rings is 1. The predicted molar refractivity (Wildman–Crippen MR) is 102 cm³/mol. The third-order valence-corrected chi connectivity index (χ3v) is 4.41. The molecule has 28 heavy (non-hydrogen) atoms. The first kappa shape index (κ1) is 19.3. The summed E-state index contributed by atoms with van der Waals surface area (Å²) in [5.74, 6) is -1.13. The molecule has 0 amide bonds. The molecule has 0 atom stereocenters. The minimum absolute atomic E-state index is 0.162. The summed E-state index contributed by atoms with van der Waals surface area (Å²) in [6.07, 6.45) is 0. The van der Waals surface area contributed by atoms with E-state index in [2.05, 4.69) is 9.97 Å². The zero-order valence-corrected chi connectivity index (χ0v) is 16.2. The van der Waals surface area contributed by atoms with Crippen LogP contribution in [0.4, 0.5) is 0 Å². The molecule has 0 unspecified atom stereocenters. The van der Waals surface area contributed by atoms with Crippen molar-refractivity contribution in [3.8, 4) is 0 Å². The van der Waals surface area contributed by atoms with Crippen LogP contribution >= 0.6 is 0 Å². The molecular weight excluding hydrogens is 362 g/mol. The molecule has 0 bridgehead atoms. The van der Waals surface area contributed by atoms with Crippen molar-refractivity contribution in [2.24, 2.45) is 0 Å². The number of hydrogen-bond donors (Lipinski definition) is 1. The summed E-state index contributed by atoms with van der Waals surface area (Å²) in [4.78, 5) is 44.1. The maximum absolute atomic E-state index is 12.5. The molecule has 3 rings (SSSR count). The van der Waals surface area contributed by atoms with Crippen LogP contribution in [0.3, 0.4) is 0 Å². The number of ether oxygens (including phenoxy) is 2. The van der Waals surface area contributed by atoms with Crippen LogP contribution in [0.1, 0.15) is 50.4 Å². The van der Waals surface area contributed by atoms with Crippen LogP contribution in [0.2, 0.25) is 0 Å². The molecule has 8 heteroatoms. The molecule has 3 aromatic rings. The maximum Gasteiger partial charge on any atom is 0.355 e. The Bertz CT molecular complexity index is 1130. The van der Waals surface area contributed by atoms with Crippen molar-refractivity contribution in [3.05, 3.63) is 68.5 Å². The van der Waals surface area contributed by atoms with Gasteiger partial charge >= 0.3 is 11.9 Å². The molecule has 0 aliphatic rings. The molecule has 3 aromatic heterocycles. The fourth-order valence-electron chi connectivity index (χ4n) is 3.11. The lowest BCUT2D eigenvalue weighted by Crippen LogP contribution is -2.18. The largest absolute Gasteiger partial charge is 0.462 e. The van der Waals surface area contributed by atoms with E-state index in [1.807, 2.05) is 13.0 Å². The number of aromatic amines is 1. The summed E-state index contributed by atoms with van der Waals surface area (Å²) >= 11 is 0. The molecule has 0 spiro atoms. The lowest BCUT2D eigenvalue weighted by molar-refractivity contribution is 0.0460. The van der Waals surface area contributed by atoms with Crippen LogP contribution in [0.5, 0.6) is 0 Å². The van der Waals surface area contributed by atoms with E-state index in [0.717, 1.165) is 5.69 Å². The highest BCUT2D eigenvalue weighted by atomic mass is 16.5. The van der Waals surface area contributed by atoms with Gasteiger partial charge in [0.1, 0.15) is 17.9 Å². The Kier molecular flexibility index (Phi) is 5.30. The fourth-order valence-corrected chi connectivity index (χ4v) is 3.11. The molecule has 0 aliphatic heterocycles. The molecule has 0 fully saturated rings. The number of esters is 2. The summed E-state index contributed by atoms with van der Waals surface area (Å²) < 4.78 is 11.8. The molecule has 1 N–H and O–H groups in total. The normalized spacial score (nSPS) is 10.9. The third-order valence-electron chi connectivity index (χ3n) is 4.41. The lowest BCUT2D eigenvalue weighted by atomic mass is 10.1. The van der Waals surface area contributed by atoms with Crippen molar-refractivity contribution in [2.45, 2.75) is 34.3 Å². The van der Waals surface area contributed by atoms with Crippen molar-refractivity contribution in [2.75, 3.05) is 6.61 Å². The van der Waals surface area contributed by atoms with E-state index in [1.54, 1.807) is 32.9 Å². The summed E-state index contributed by atoms with van der Waals surface area (Å²) in [5.41, 5.74) is 2.84. The maximum atomic E-state index is 12.5. The highest BCUT2D eigenvalue weighted by Gasteiger charge is 2.23. The van der Waals surface area contributed by atoms with Crippen molar-refractivity contribution < 1.29 is 19.1 Å². The molecule has 0 saturated carbocycles. The van der Waals surface area contributed by atoms with Gasteiger partial charge in [-0.3, -0.25) is 9.20 Å². The number of hydrogen-bond acceptors (Lipinski definition) is 6. The van der Waals surface area contributed by atoms with Gasteiger partial charge in [-0.2, -0.15) is 0 Å². The molecule has 0 saturated heterocycles. The average Bonchev–Trinajstić information content (AvgIpc) is 2.94. The summed E-state index contributed by atoms with van der Waals surface area (Å²) in [5, 5.41) is 0. The Morgan fingerprint density at radius 2 is 1.89 bits per heavy atom. The highest BCUT2D eigenvalue weighted by Crippen LogP contribution is 2.20. The van der Waals surface area contributed by atoms with Gasteiger partial charge < -0.3 is 14.5 Å². The van der Waals surface area contributed by atoms with E-state index in [9.17, 15) is 14.4 Å². The topological polar surface area (TPSA) is 103 Å². The van der Waals surface area contributed by atoms with Gasteiger partial charge in [0.25, 0.3) is 5.56 Å². The number of nitrogens with one attached hydrogen (secondary N) is 1. The van der Waals surface area contributed by atoms with Gasteiger partial charge in [0.15, 0.2) is 0 Å². The molecule has 3 heterocycles. The summed E-state index contributed by atoms with van der Waals surface area (Å²) in [7, 11) is 0. The molecular formula is C20H21N3O5. The van der Waals surface area contributed by atoms with Gasteiger partial charge in [-0.25, -0.2) is 14.6 Å². The molecule has 0 aromatic carbocycles. The standard InChI is InChI=1S/C20H21N3O5/c1-5-27-19(25)17-12(3)18(21-13(17)4)20(26)28-10-14-9-16(24)23-11(2)7-6-8-15(23)22-14/h6-9,21H,5,10H2,1-4H3. The zero-order chi connectivity index (χ0) is 20.4. The van der Waals surface area contributed by atoms with Crippen molar-refractivity contribution in [3.63, 3.8) is 0 Å². The Hall–Kier alpha value is -3.42. The smallest absolute Gasteiger partial charge is 0.355 e. The second kappa shape index (κ2) is 7.67. The van der Waals surface area contributed by atoms with Gasteiger partial charge in [0, 0.05) is 17.5 Å². The molecule has 0 radical (unpaired) electrons. The van der Waals surface area contributed by atoms with Crippen molar-refractivity contribution >= 4 is 17.6 Å². The van der Waals surface area contributed by atoms with Gasteiger partial charge in [-0.1, -0.05) is 6.07 Å². The first-order chi connectivity index (χ1) is 13.3. The number of fused-ring (bicyclic) bond motifs is 1. The molecule has 0 aliphatic carbocycles. The van der Waals surface area contributed by atoms with E-state index in [0.29, 0.717) is 28.2 Å². The zero-order valence-electron chi connectivity index (χ0n) is 16.2. The van der Waals surface area contributed by atoms with Crippen LogP contribution < -0.4 is 5.56 Å². The summed E-state index contributed by atoms with van der Waals surface area (Å²) in [6.45, 7) is 6.94. The Balaban J connectivity index is 1.82. The monoisotopic (exact) mass is 383 g/mol. The van der Waals surface area contributed by atoms with Crippen LogP contribution in [0, 0.1) is 20.8 Å². The van der Waals surface area contributed by atoms with Crippen molar-refractivity contribution in [1.82, 2.24) is 14.4 Å². The Labute approximate surface area is 161 Å². The summed E-state index contributed by atoms with van der Waals surface area (Å²) in [6, 6.07) is 6.66. The highest BCUT2D eigenvalue weighted by molar-refractivity contribution is 5.98.